The number of carbonyl (C=O) groups is 1. The maximum Gasteiger partial charge on any atom is 0.416 e. The zero-order chi connectivity index (χ0) is 27.4. The van der Waals surface area contributed by atoms with Crippen molar-refractivity contribution >= 4 is 15.7 Å². The second-order valence-corrected chi connectivity index (χ2v) is 10.4. The lowest BCUT2D eigenvalue weighted by molar-refractivity contribution is -0.137. The monoisotopic (exact) mass is 534 g/mol. The van der Waals surface area contributed by atoms with Gasteiger partial charge in [-0.15, -0.1) is 6.58 Å². The lowest BCUT2D eigenvalue weighted by Gasteiger charge is -2.15. The highest BCUT2D eigenvalue weighted by Gasteiger charge is 2.31. The van der Waals surface area contributed by atoms with Crippen LogP contribution in [0.1, 0.15) is 33.6 Å². The number of hydrogen-bond acceptors (Lipinski definition) is 5. The van der Waals surface area contributed by atoms with Gasteiger partial charge in [0.05, 0.1) is 15.7 Å². The van der Waals surface area contributed by atoms with Gasteiger partial charge < -0.3 is 10.4 Å². The van der Waals surface area contributed by atoms with E-state index in [0.717, 1.165) is 16.7 Å². The average molecular weight is 535 g/mol. The van der Waals surface area contributed by atoms with Crippen molar-refractivity contribution in [1.82, 2.24) is 9.88 Å². The number of aryl methyl sites for hydroxylation is 1. The van der Waals surface area contributed by atoms with Crippen LogP contribution < -0.4 is 10.9 Å². The number of benzene rings is 2. The molecule has 2 aromatic carbocycles. The van der Waals surface area contributed by atoms with E-state index < -0.39 is 38.3 Å². The van der Waals surface area contributed by atoms with Crippen LogP contribution in [0.5, 0.6) is 0 Å². The molecule has 1 aromatic heterocycles. The van der Waals surface area contributed by atoms with Gasteiger partial charge in [0.25, 0.3) is 11.5 Å². The number of carbonyl (C=O) groups excluding carboxylic acids is 1. The Morgan fingerprint density at radius 1 is 1.14 bits per heavy atom. The van der Waals surface area contributed by atoms with Crippen LogP contribution in [0, 0.1) is 6.92 Å². The lowest BCUT2D eigenvalue weighted by Crippen LogP contribution is -2.33. The predicted octanol–water partition coefficient (Wildman–Crippen LogP) is 3.81. The summed E-state index contributed by atoms with van der Waals surface area (Å²) in [5.41, 5.74) is -1.10. The summed E-state index contributed by atoms with van der Waals surface area (Å²) in [6, 6.07) is 12.8. The number of amides is 1. The van der Waals surface area contributed by atoms with Crippen LogP contribution in [0.25, 0.3) is 5.69 Å². The van der Waals surface area contributed by atoms with Gasteiger partial charge in [0.15, 0.2) is 9.84 Å². The first-order valence-corrected chi connectivity index (χ1v) is 12.7. The summed E-state index contributed by atoms with van der Waals surface area (Å²) in [4.78, 5) is 25.8. The van der Waals surface area contributed by atoms with Gasteiger partial charge in [0, 0.05) is 24.5 Å². The van der Waals surface area contributed by atoms with Crippen molar-refractivity contribution in [2.75, 3.05) is 6.61 Å². The highest BCUT2D eigenvalue weighted by Crippen LogP contribution is 2.30. The Morgan fingerprint density at radius 3 is 2.41 bits per heavy atom. The van der Waals surface area contributed by atoms with E-state index in [-0.39, 0.29) is 35.7 Å². The van der Waals surface area contributed by atoms with Crippen molar-refractivity contribution in [2.45, 2.75) is 36.2 Å². The molecular weight excluding hydrogens is 509 g/mol. The van der Waals surface area contributed by atoms with Crippen LogP contribution in [0.4, 0.5) is 13.2 Å². The van der Waals surface area contributed by atoms with E-state index in [1.54, 1.807) is 0 Å². The highest BCUT2D eigenvalue weighted by molar-refractivity contribution is 7.92. The van der Waals surface area contributed by atoms with Gasteiger partial charge >= 0.3 is 6.18 Å². The molecule has 2 N–H and O–H groups in total. The number of rotatable bonds is 9. The molecule has 1 unspecified atom stereocenters. The Labute approximate surface area is 211 Å². The fraction of sp³-hybridized carbons (Fsp3) is 0.231. The summed E-state index contributed by atoms with van der Waals surface area (Å²) < 4.78 is 65.8. The molecule has 0 saturated heterocycles. The molecule has 7 nitrogen and oxygen atoms in total. The molecule has 0 bridgehead atoms. The second kappa shape index (κ2) is 11.1. The number of hydrogen-bond donors (Lipinski definition) is 2. The summed E-state index contributed by atoms with van der Waals surface area (Å²) in [6.45, 7) is 4.70. The van der Waals surface area contributed by atoms with E-state index in [4.69, 9.17) is 5.11 Å². The van der Waals surface area contributed by atoms with Gasteiger partial charge in [-0.1, -0.05) is 24.3 Å². The Bertz CT molecular complexity index is 1460. The predicted molar refractivity (Wildman–Crippen MR) is 132 cm³/mol. The number of halogens is 3. The molecule has 0 aliphatic heterocycles. The number of alkyl halides is 3. The molecule has 0 aliphatic rings. The minimum absolute atomic E-state index is 0.0121. The largest absolute Gasteiger partial charge is 0.416 e. The quantitative estimate of drug-likeness (QED) is 0.407. The van der Waals surface area contributed by atoms with E-state index in [9.17, 15) is 31.2 Å². The molecule has 1 heterocycles. The third kappa shape index (κ3) is 6.17. The number of aliphatic hydroxyl groups excluding tert-OH is 1. The molecule has 3 aromatic rings. The maximum atomic E-state index is 13.1. The topological polar surface area (TPSA) is 105 Å². The van der Waals surface area contributed by atoms with E-state index in [0.29, 0.717) is 11.3 Å². The second-order valence-electron chi connectivity index (χ2n) is 8.24. The van der Waals surface area contributed by atoms with Gasteiger partial charge in [-0.3, -0.25) is 14.2 Å². The Hall–Kier alpha value is -3.70. The molecule has 0 radical (unpaired) electrons. The number of aliphatic hydroxyl groups is 1. The fourth-order valence-electron chi connectivity index (χ4n) is 3.72. The first-order chi connectivity index (χ1) is 17.4. The molecule has 1 atom stereocenters. The molecule has 0 saturated carbocycles. The maximum absolute atomic E-state index is 13.1. The Morgan fingerprint density at radius 2 is 1.81 bits per heavy atom. The van der Waals surface area contributed by atoms with Gasteiger partial charge in [0.2, 0.25) is 0 Å². The van der Waals surface area contributed by atoms with Crippen LogP contribution in [0.3, 0.4) is 0 Å². The van der Waals surface area contributed by atoms with Gasteiger partial charge in [-0.2, -0.15) is 13.2 Å². The minimum Gasteiger partial charge on any atom is -0.396 e. The van der Waals surface area contributed by atoms with E-state index in [1.807, 2.05) is 0 Å². The lowest BCUT2D eigenvalue weighted by atomic mass is 10.1. The summed E-state index contributed by atoms with van der Waals surface area (Å²) >= 11 is 0. The average Bonchev–Trinajstić information content (AvgIpc) is 2.85. The number of nitrogens with one attached hydrogen (secondary N) is 1. The third-order valence-electron chi connectivity index (χ3n) is 5.73. The number of pyridine rings is 1. The molecule has 3 rings (SSSR count). The number of nitrogens with zero attached hydrogens (tertiary/aromatic N) is 1. The molecule has 37 heavy (non-hydrogen) atoms. The summed E-state index contributed by atoms with van der Waals surface area (Å²) in [5, 5.41) is 10.7. The van der Waals surface area contributed by atoms with Crippen molar-refractivity contribution < 1.29 is 31.5 Å². The van der Waals surface area contributed by atoms with Crippen LogP contribution in [-0.4, -0.2) is 35.9 Å². The van der Waals surface area contributed by atoms with Crippen molar-refractivity contribution in [3.05, 3.63) is 106 Å². The van der Waals surface area contributed by atoms with Gasteiger partial charge in [0.1, 0.15) is 5.56 Å². The Kier molecular flexibility index (Phi) is 8.39. The number of aromatic nitrogens is 1. The normalized spacial score (nSPS) is 12.7. The third-order valence-corrected chi connectivity index (χ3v) is 7.89. The van der Waals surface area contributed by atoms with Crippen molar-refractivity contribution in [3.8, 4) is 5.69 Å². The summed E-state index contributed by atoms with van der Waals surface area (Å²) in [6.07, 6.45) is -3.32. The summed E-state index contributed by atoms with van der Waals surface area (Å²) in [7, 11) is -3.74. The summed E-state index contributed by atoms with van der Waals surface area (Å²) in [5.74, 6) is -0.739. The zero-order valence-corrected chi connectivity index (χ0v) is 20.6. The molecule has 1 amide bonds. The Balaban J connectivity index is 1.81. The molecule has 0 spiro atoms. The van der Waals surface area contributed by atoms with E-state index >= 15 is 0 Å². The molecule has 11 heteroatoms. The van der Waals surface area contributed by atoms with Crippen LogP contribution in [0.15, 0.2) is 83.0 Å². The standard InChI is InChI=1S/C26H25F3N2O5S/c1-3-21(13-14-32)37(35,36)22-10-8-18(9-11-22)16-30-24(33)23-12-7-17(2)31(25(23)34)20-6-4-5-19(15-20)26(27,28)29/h3-12,15,21,32H,1,13-14,16H2,2H3,(H,30,33). The zero-order valence-electron chi connectivity index (χ0n) is 19.8. The molecular formula is C26H25F3N2O5S. The van der Waals surface area contributed by atoms with E-state index in [1.165, 1.54) is 61.5 Å². The van der Waals surface area contributed by atoms with Crippen LogP contribution in [0.2, 0.25) is 0 Å². The fourth-order valence-corrected chi connectivity index (χ4v) is 5.26. The highest BCUT2D eigenvalue weighted by atomic mass is 32.2. The van der Waals surface area contributed by atoms with Gasteiger partial charge in [-0.25, -0.2) is 8.42 Å². The van der Waals surface area contributed by atoms with E-state index in [2.05, 4.69) is 11.9 Å². The first-order valence-electron chi connectivity index (χ1n) is 11.1. The van der Waals surface area contributed by atoms with Crippen molar-refractivity contribution in [1.29, 1.82) is 0 Å². The van der Waals surface area contributed by atoms with Crippen molar-refractivity contribution in [2.24, 2.45) is 0 Å². The smallest absolute Gasteiger partial charge is 0.396 e. The number of sulfone groups is 1. The first kappa shape index (κ1) is 27.9. The molecule has 0 aliphatic carbocycles. The van der Waals surface area contributed by atoms with Crippen molar-refractivity contribution in [3.63, 3.8) is 0 Å². The molecule has 0 fully saturated rings. The molecule has 196 valence electrons. The minimum atomic E-state index is -4.59. The van der Waals surface area contributed by atoms with Gasteiger partial charge in [-0.05, 0) is 61.4 Å². The SMILES string of the molecule is C=CC(CCO)S(=O)(=O)c1ccc(CNC(=O)c2ccc(C)n(-c3cccc(C(F)(F)F)c3)c2=O)cc1. The van der Waals surface area contributed by atoms with Crippen LogP contribution in [-0.2, 0) is 22.6 Å². The van der Waals surface area contributed by atoms with Crippen LogP contribution >= 0.6 is 0 Å².